The second-order valence-corrected chi connectivity index (χ2v) is 4.37. The highest BCUT2D eigenvalue weighted by atomic mass is 16.5. The zero-order chi connectivity index (χ0) is 11.3. The molecule has 0 N–H and O–H groups in total. The third-order valence-electron chi connectivity index (χ3n) is 3.19. The number of esters is 1. The lowest BCUT2D eigenvalue weighted by Crippen LogP contribution is -2.38. The Morgan fingerprint density at radius 3 is 2.87 bits per heavy atom. The summed E-state index contributed by atoms with van der Waals surface area (Å²) < 4.78 is 5.03. The fourth-order valence-corrected chi connectivity index (χ4v) is 2.27. The minimum absolute atomic E-state index is 0.0631. The molecule has 1 aliphatic rings. The molecule has 0 spiro atoms. The Morgan fingerprint density at radius 1 is 1.53 bits per heavy atom. The molecule has 1 fully saturated rings. The van der Waals surface area contributed by atoms with Crippen LogP contribution in [-0.4, -0.2) is 36.6 Å². The minimum Gasteiger partial charge on any atom is -0.465 e. The summed E-state index contributed by atoms with van der Waals surface area (Å²) in [5.74, 6) is 0.710. The monoisotopic (exact) mass is 213 g/mol. The Morgan fingerprint density at radius 2 is 2.27 bits per heavy atom. The number of carbonyl (C=O) groups is 1. The minimum atomic E-state index is -0.0744. The van der Waals surface area contributed by atoms with E-state index in [1.807, 2.05) is 13.8 Å². The Kier molecular flexibility index (Phi) is 5.09. The third kappa shape index (κ3) is 3.49. The molecule has 3 heteroatoms. The van der Waals surface area contributed by atoms with E-state index in [2.05, 4.69) is 11.8 Å². The summed E-state index contributed by atoms with van der Waals surface area (Å²) in [5, 5.41) is 0. The lowest BCUT2D eigenvalue weighted by molar-refractivity contribution is -0.148. The SMILES string of the molecule is CCCC1CCN(C(C)C(=O)OCC)C1. The van der Waals surface area contributed by atoms with E-state index in [1.54, 1.807) is 0 Å². The molecule has 0 aromatic carbocycles. The molecular formula is C12H23NO2. The fraction of sp³-hybridized carbons (Fsp3) is 0.917. The first-order valence-electron chi connectivity index (χ1n) is 6.09. The standard InChI is InChI=1S/C12H23NO2/c1-4-6-11-7-8-13(9-11)10(3)12(14)15-5-2/h10-11H,4-9H2,1-3H3. The molecule has 0 aliphatic carbocycles. The molecule has 0 saturated carbocycles. The van der Waals surface area contributed by atoms with E-state index in [-0.39, 0.29) is 12.0 Å². The summed E-state index contributed by atoms with van der Waals surface area (Å²) in [6.45, 7) is 8.62. The summed E-state index contributed by atoms with van der Waals surface area (Å²) in [7, 11) is 0. The van der Waals surface area contributed by atoms with Gasteiger partial charge in [-0.3, -0.25) is 9.69 Å². The van der Waals surface area contributed by atoms with E-state index in [9.17, 15) is 4.79 Å². The molecule has 0 amide bonds. The molecule has 0 aromatic heterocycles. The number of rotatable bonds is 5. The smallest absolute Gasteiger partial charge is 0.323 e. The van der Waals surface area contributed by atoms with E-state index in [0.29, 0.717) is 6.61 Å². The molecule has 1 aliphatic heterocycles. The normalized spacial score (nSPS) is 24.1. The highest BCUT2D eigenvalue weighted by Crippen LogP contribution is 2.22. The van der Waals surface area contributed by atoms with Gasteiger partial charge < -0.3 is 4.74 Å². The van der Waals surface area contributed by atoms with Crippen molar-refractivity contribution in [1.29, 1.82) is 0 Å². The van der Waals surface area contributed by atoms with Crippen molar-refractivity contribution < 1.29 is 9.53 Å². The number of likely N-dealkylation sites (tertiary alicyclic amines) is 1. The van der Waals surface area contributed by atoms with Crippen LogP contribution in [0.4, 0.5) is 0 Å². The molecule has 2 unspecified atom stereocenters. The predicted molar refractivity (Wildman–Crippen MR) is 60.7 cm³/mol. The van der Waals surface area contributed by atoms with Gasteiger partial charge >= 0.3 is 5.97 Å². The summed E-state index contributed by atoms with van der Waals surface area (Å²) in [6.07, 6.45) is 3.76. The number of hydrogen-bond donors (Lipinski definition) is 0. The maximum Gasteiger partial charge on any atom is 0.323 e. The van der Waals surface area contributed by atoms with Gasteiger partial charge in [0.15, 0.2) is 0 Å². The molecule has 0 aromatic rings. The van der Waals surface area contributed by atoms with Gasteiger partial charge in [0.1, 0.15) is 6.04 Å². The van der Waals surface area contributed by atoms with Crippen LogP contribution in [0.3, 0.4) is 0 Å². The highest BCUT2D eigenvalue weighted by molar-refractivity contribution is 5.75. The molecule has 2 atom stereocenters. The van der Waals surface area contributed by atoms with Crippen LogP contribution in [0.25, 0.3) is 0 Å². The van der Waals surface area contributed by atoms with Crippen molar-refractivity contribution in [2.75, 3.05) is 19.7 Å². The number of nitrogens with zero attached hydrogens (tertiary/aromatic N) is 1. The van der Waals surface area contributed by atoms with Crippen molar-refractivity contribution in [1.82, 2.24) is 4.90 Å². The quantitative estimate of drug-likeness (QED) is 0.655. The van der Waals surface area contributed by atoms with E-state index in [4.69, 9.17) is 4.74 Å². The molecule has 1 heterocycles. The van der Waals surface area contributed by atoms with Crippen LogP contribution < -0.4 is 0 Å². The van der Waals surface area contributed by atoms with Crippen LogP contribution in [0.5, 0.6) is 0 Å². The van der Waals surface area contributed by atoms with Crippen LogP contribution in [0, 0.1) is 5.92 Å². The largest absolute Gasteiger partial charge is 0.465 e. The van der Waals surface area contributed by atoms with Gasteiger partial charge in [0, 0.05) is 6.54 Å². The molecule has 1 rings (SSSR count). The van der Waals surface area contributed by atoms with Gasteiger partial charge in [-0.2, -0.15) is 0 Å². The second-order valence-electron chi connectivity index (χ2n) is 4.37. The average molecular weight is 213 g/mol. The van der Waals surface area contributed by atoms with Crippen molar-refractivity contribution in [2.45, 2.75) is 46.1 Å². The summed E-state index contributed by atoms with van der Waals surface area (Å²) >= 11 is 0. The summed E-state index contributed by atoms with van der Waals surface area (Å²) in [4.78, 5) is 13.8. The maximum atomic E-state index is 11.5. The van der Waals surface area contributed by atoms with Crippen LogP contribution in [0.2, 0.25) is 0 Å². The van der Waals surface area contributed by atoms with Crippen molar-refractivity contribution in [3.63, 3.8) is 0 Å². The molecular weight excluding hydrogens is 190 g/mol. The van der Waals surface area contributed by atoms with Crippen LogP contribution in [0.1, 0.15) is 40.0 Å². The fourth-order valence-electron chi connectivity index (χ4n) is 2.27. The van der Waals surface area contributed by atoms with E-state index >= 15 is 0 Å². The molecule has 0 bridgehead atoms. The number of carbonyl (C=O) groups excluding carboxylic acids is 1. The van der Waals surface area contributed by atoms with Crippen LogP contribution in [0.15, 0.2) is 0 Å². The van der Waals surface area contributed by atoms with Crippen molar-refractivity contribution >= 4 is 5.97 Å². The third-order valence-corrected chi connectivity index (χ3v) is 3.19. The highest BCUT2D eigenvalue weighted by Gasteiger charge is 2.29. The van der Waals surface area contributed by atoms with Crippen molar-refractivity contribution in [3.05, 3.63) is 0 Å². The van der Waals surface area contributed by atoms with Crippen LogP contribution in [-0.2, 0) is 9.53 Å². The van der Waals surface area contributed by atoms with E-state index in [1.165, 1.54) is 19.3 Å². The van der Waals surface area contributed by atoms with Crippen molar-refractivity contribution in [3.8, 4) is 0 Å². The molecule has 1 saturated heterocycles. The van der Waals surface area contributed by atoms with Gasteiger partial charge in [-0.1, -0.05) is 13.3 Å². The lowest BCUT2D eigenvalue weighted by atomic mass is 10.0. The zero-order valence-corrected chi connectivity index (χ0v) is 10.2. The first-order chi connectivity index (χ1) is 7.19. The zero-order valence-electron chi connectivity index (χ0n) is 10.2. The van der Waals surface area contributed by atoms with E-state index < -0.39 is 0 Å². The van der Waals surface area contributed by atoms with Gasteiger partial charge in [-0.05, 0) is 39.2 Å². The van der Waals surface area contributed by atoms with Crippen LogP contribution >= 0.6 is 0 Å². The lowest BCUT2D eigenvalue weighted by Gasteiger charge is -2.22. The molecule has 3 nitrogen and oxygen atoms in total. The summed E-state index contributed by atoms with van der Waals surface area (Å²) in [6, 6.07) is -0.0631. The van der Waals surface area contributed by atoms with Gasteiger partial charge in [-0.15, -0.1) is 0 Å². The topological polar surface area (TPSA) is 29.5 Å². The Balaban J connectivity index is 2.35. The van der Waals surface area contributed by atoms with Gasteiger partial charge in [0.05, 0.1) is 6.61 Å². The van der Waals surface area contributed by atoms with Gasteiger partial charge in [-0.25, -0.2) is 0 Å². The Bertz CT molecular complexity index is 206. The predicted octanol–water partition coefficient (Wildman–Crippen LogP) is 2.06. The van der Waals surface area contributed by atoms with Crippen molar-refractivity contribution in [2.24, 2.45) is 5.92 Å². The average Bonchev–Trinajstić information content (AvgIpc) is 2.66. The Labute approximate surface area is 92.8 Å². The second kappa shape index (κ2) is 6.11. The molecule has 15 heavy (non-hydrogen) atoms. The van der Waals surface area contributed by atoms with Gasteiger partial charge in [0.25, 0.3) is 0 Å². The maximum absolute atomic E-state index is 11.5. The Hall–Kier alpha value is -0.570. The van der Waals surface area contributed by atoms with E-state index in [0.717, 1.165) is 19.0 Å². The molecule has 0 radical (unpaired) electrons. The number of hydrogen-bond acceptors (Lipinski definition) is 3. The molecule has 88 valence electrons. The summed E-state index contributed by atoms with van der Waals surface area (Å²) in [5.41, 5.74) is 0. The number of ether oxygens (including phenoxy) is 1. The first-order valence-corrected chi connectivity index (χ1v) is 6.09. The van der Waals surface area contributed by atoms with Gasteiger partial charge in [0.2, 0.25) is 0 Å². The first kappa shape index (κ1) is 12.5.